The molecule has 16 heavy (non-hydrogen) atoms. The smallest absolute Gasteiger partial charge is 0.203 e. The first-order valence-electron chi connectivity index (χ1n) is 4.40. The van der Waals surface area contributed by atoms with Gasteiger partial charge in [0.15, 0.2) is 0 Å². The summed E-state index contributed by atoms with van der Waals surface area (Å²) in [6.07, 6.45) is 1.39. The lowest BCUT2D eigenvalue weighted by Gasteiger charge is -2.01. The fraction of sp³-hybridized carbons (Fsp3) is 0.111. The highest BCUT2D eigenvalue weighted by Gasteiger charge is 2.06. The van der Waals surface area contributed by atoms with E-state index < -0.39 is 9.73 Å². The van der Waals surface area contributed by atoms with Gasteiger partial charge in [0, 0.05) is 16.7 Å². The van der Waals surface area contributed by atoms with Crippen LogP contribution in [0.25, 0.3) is 10.6 Å². The molecule has 1 heterocycles. The molecule has 0 aliphatic heterocycles. The Labute approximate surface area is 97.3 Å². The standard InChI is InChI=1S/C9H10N4OS2/c1-16(11,14)7-4-2-6(3-5-7)8-12-13-9(10)15-8/h2-5,11H,1H3,(H2,10,13). The fourth-order valence-electron chi connectivity index (χ4n) is 1.21. The number of hydrogen-bond donors (Lipinski definition) is 2. The first-order valence-corrected chi connectivity index (χ1v) is 7.18. The number of rotatable bonds is 2. The first-order chi connectivity index (χ1) is 7.47. The predicted octanol–water partition coefficient (Wildman–Crippen LogP) is 1.82. The Hall–Kier alpha value is -1.47. The Balaban J connectivity index is 2.40. The first kappa shape index (κ1) is 11.0. The molecule has 0 bridgehead atoms. The number of aromatic nitrogens is 2. The summed E-state index contributed by atoms with van der Waals surface area (Å²) in [5, 5.41) is 8.75. The van der Waals surface area contributed by atoms with Crippen molar-refractivity contribution in [1.29, 1.82) is 4.78 Å². The van der Waals surface area contributed by atoms with Gasteiger partial charge < -0.3 is 5.73 Å². The van der Waals surface area contributed by atoms with Crippen LogP contribution in [0.1, 0.15) is 0 Å². The van der Waals surface area contributed by atoms with Crippen molar-refractivity contribution in [1.82, 2.24) is 10.2 Å². The molecule has 1 aromatic heterocycles. The zero-order chi connectivity index (χ0) is 11.8. The zero-order valence-electron chi connectivity index (χ0n) is 8.51. The van der Waals surface area contributed by atoms with E-state index in [0.717, 1.165) is 10.6 Å². The quantitative estimate of drug-likeness (QED) is 0.855. The molecule has 7 heteroatoms. The summed E-state index contributed by atoms with van der Waals surface area (Å²) in [4.78, 5) is 0.508. The third-order valence-electron chi connectivity index (χ3n) is 1.99. The largest absolute Gasteiger partial charge is 0.374 e. The third-order valence-corrected chi connectivity index (χ3v) is 3.96. The van der Waals surface area contributed by atoms with E-state index in [1.807, 2.05) is 0 Å². The predicted molar refractivity (Wildman–Crippen MR) is 64.8 cm³/mol. The van der Waals surface area contributed by atoms with Crippen molar-refractivity contribution in [3.8, 4) is 10.6 Å². The van der Waals surface area contributed by atoms with E-state index in [2.05, 4.69) is 10.2 Å². The van der Waals surface area contributed by atoms with Crippen LogP contribution in [0.4, 0.5) is 5.13 Å². The lowest BCUT2D eigenvalue weighted by atomic mass is 10.2. The minimum atomic E-state index is -2.65. The van der Waals surface area contributed by atoms with Crippen LogP contribution in [-0.4, -0.2) is 20.7 Å². The second-order valence-corrected chi connectivity index (χ2v) is 6.48. The molecule has 5 nitrogen and oxygen atoms in total. The molecule has 0 amide bonds. The van der Waals surface area contributed by atoms with E-state index in [4.69, 9.17) is 10.5 Å². The molecule has 0 saturated carbocycles. The monoisotopic (exact) mass is 254 g/mol. The van der Waals surface area contributed by atoms with Gasteiger partial charge in [-0.1, -0.05) is 23.5 Å². The van der Waals surface area contributed by atoms with Crippen LogP contribution in [0.15, 0.2) is 29.2 Å². The average Bonchev–Trinajstić information content (AvgIpc) is 2.64. The minimum Gasteiger partial charge on any atom is -0.374 e. The van der Waals surface area contributed by atoms with Crippen LogP contribution in [0, 0.1) is 4.78 Å². The van der Waals surface area contributed by atoms with Gasteiger partial charge in [-0.3, -0.25) is 0 Å². The third kappa shape index (κ3) is 2.20. The van der Waals surface area contributed by atoms with Crippen molar-refractivity contribution < 1.29 is 4.21 Å². The van der Waals surface area contributed by atoms with Crippen LogP contribution in [-0.2, 0) is 9.73 Å². The van der Waals surface area contributed by atoms with Gasteiger partial charge in [0.1, 0.15) is 5.01 Å². The highest BCUT2D eigenvalue weighted by atomic mass is 32.2. The van der Waals surface area contributed by atoms with Crippen molar-refractivity contribution in [3.63, 3.8) is 0 Å². The van der Waals surface area contributed by atoms with Gasteiger partial charge >= 0.3 is 0 Å². The molecule has 2 rings (SSSR count). The van der Waals surface area contributed by atoms with Crippen molar-refractivity contribution >= 4 is 26.2 Å². The van der Waals surface area contributed by atoms with Crippen LogP contribution in [0.5, 0.6) is 0 Å². The van der Waals surface area contributed by atoms with E-state index in [-0.39, 0.29) is 0 Å². The second kappa shape index (κ2) is 3.84. The van der Waals surface area contributed by atoms with Crippen LogP contribution < -0.4 is 5.73 Å². The average molecular weight is 254 g/mol. The maximum absolute atomic E-state index is 11.5. The Morgan fingerprint density at radius 1 is 1.31 bits per heavy atom. The van der Waals surface area contributed by atoms with Gasteiger partial charge in [-0.05, 0) is 12.1 Å². The van der Waals surface area contributed by atoms with Crippen LogP contribution in [0.2, 0.25) is 0 Å². The maximum atomic E-state index is 11.5. The highest BCUT2D eigenvalue weighted by molar-refractivity contribution is 7.91. The van der Waals surface area contributed by atoms with Crippen molar-refractivity contribution in [2.75, 3.05) is 12.0 Å². The number of anilines is 1. The number of nitrogens with one attached hydrogen (secondary N) is 1. The Kier molecular flexibility index (Phi) is 2.64. The summed E-state index contributed by atoms with van der Waals surface area (Å²) in [6.45, 7) is 0. The molecule has 0 saturated heterocycles. The summed E-state index contributed by atoms with van der Waals surface area (Å²) in [5.74, 6) is 0. The number of nitrogens with two attached hydrogens (primary N) is 1. The summed E-state index contributed by atoms with van der Waals surface area (Å²) in [7, 11) is -2.65. The summed E-state index contributed by atoms with van der Waals surface area (Å²) in [5.41, 5.74) is 6.35. The molecule has 1 aromatic carbocycles. The zero-order valence-corrected chi connectivity index (χ0v) is 10.1. The van der Waals surface area contributed by atoms with Crippen molar-refractivity contribution in [2.45, 2.75) is 4.90 Å². The summed E-state index contributed by atoms with van der Waals surface area (Å²) >= 11 is 1.29. The van der Waals surface area contributed by atoms with Gasteiger partial charge in [0.2, 0.25) is 5.13 Å². The van der Waals surface area contributed by atoms with Crippen molar-refractivity contribution in [2.24, 2.45) is 0 Å². The van der Waals surface area contributed by atoms with E-state index in [1.54, 1.807) is 24.3 Å². The molecule has 1 atom stereocenters. The molecular weight excluding hydrogens is 244 g/mol. The van der Waals surface area contributed by atoms with Gasteiger partial charge in [0.25, 0.3) is 0 Å². The minimum absolute atomic E-state index is 0.416. The normalized spacial score (nSPS) is 14.6. The Morgan fingerprint density at radius 3 is 2.38 bits per heavy atom. The summed E-state index contributed by atoms with van der Waals surface area (Å²) < 4.78 is 18.9. The van der Waals surface area contributed by atoms with E-state index in [1.165, 1.54) is 17.6 Å². The van der Waals surface area contributed by atoms with E-state index >= 15 is 0 Å². The van der Waals surface area contributed by atoms with Crippen LogP contribution >= 0.6 is 11.3 Å². The van der Waals surface area contributed by atoms with E-state index in [0.29, 0.717) is 10.0 Å². The fourth-order valence-corrected chi connectivity index (χ4v) is 2.48. The van der Waals surface area contributed by atoms with E-state index in [9.17, 15) is 4.21 Å². The van der Waals surface area contributed by atoms with Crippen molar-refractivity contribution in [3.05, 3.63) is 24.3 Å². The Bertz CT molecular complexity index is 601. The lowest BCUT2D eigenvalue weighted by Crippen LogP contribution is -1.93. The Morgan fingerprint density at radius 2 is 1.94 bits per heavy atom. The molecule has 0 aliphatic carbocycles. The lowest BCUT2D eigenvalue weighted by molar-refractivity contribution is 0.679. The molecule has 0 fully saturated rings. The highest BCUT2D eigenvalue weighted by Crippen LogP contribution is 2.25. The number of nitrogen functional groups attached to an aromatic ring is 1. The second-order valence-electron chi connectivity index (χ2n) is 3.31. The molecule has 0 spiro atoms. The van der Waals surface area contributed by atoms with Crippen LogP contribution in [0.3, 0.4) is 0 Å². The maximum Gasteiger partial charge on any atom is 0.203 e. The number of benzene rings is 1. The number of hydrogen-bond acceptors (Lipinski definition) is 6. The summed E-state index contributed by atoms with van der Waals surface area (Å²) in [6, 6.07) is 6.88. The number of nitrogens with zero attached hydrogens (tertiary/aromatic N) is 2. The van der Waals surface area contributed by atoms with Gasteiger partial charge in [-0.25, -0.2) is 8.99 Å². The molecule has 2 aromatic rings. The van der Waals surface area contributed by atoms with Gasteiger partial charge in [-0.15, -0.1) is 10.2 Å². The molecule has 3 N–H and O–H groups in total. The van der Waals surface area contributed by atoms with Gasteiger partial charge in [0.05, 0.1) is 9.73 Å². The molecule has 0 aliphatic rings. The molecule has 1 unspecified atom stereocenters. The topological polar surface area (TPSA) is 92.7 Å². The molecule has 0 radical (unpaired) electrons. The van der Waals surface area contributed by atoms with Gasteiger partial charge in [-0.2, -0.15) is 0 Å². The molecular formula is C9H10N4OS2. The molecule has 84 valence electrons. The SMILES string of the molecule is CS(=N)(=O)c1ccc(-c2nnc(N)s2)cc1.